The van der Waals surface area contributed by atoms with E-state index in [1.54, 1.807) is 0 Å². The SMILES string of the molecule is Cc1cccc(C)c1C.[Cr]. The zero-order valence-electron chi connectivity index (χ0n) is 6.64. The van der Waals surface area contributed by atoms with Gasteiger partial charge in [-0.3, -0.25) is 0 Å². The Labute approximate surface area is 73.4 Å². The standard InChI is InChI=1S/C9H12.Cr/c1-7-5-4-6-8(2)9(7)3;/h4-6H,1-3H3;. The van der Waals surface area contributed by atoms with Crippen molar-refractivity contribution in [1.29, 1.82) is 0 Å². The molecule has 0 N–H and O–H groups in total. The summed E-state index contributed by atoms with van der Waals surface area (Å²) in [5.41, 5.74) is 4.18. The molecule has 0 aliphatic rings. The van der Waals surface area contributed by atoms with Gasteiger partial charge in [0.05, 0.1) is 0 Å². The van der Waals surface area contributed by atoms with E-state index in [0.717, 1.165) is 0 Å². The van der Waals surface area contributed by atoms with Crippen LogP contribution in [0.5, 0.6) is 0 Å². The first-order valence-corrected chi connectivity index (χ1v) is 3.24. The minimum absolute atomic E-state index is 0. The van der Waals surface area contributed by atoms with Crippen molar-refractivity contribution in [1.82, 2.24) is 0 Å². The van der Waals surface area contributed by atoms with Crippen LogP contribution in [0.15, 0.2) is 18.2 Å². The maximum Gasteiger partial charge on any atom is 0 e. The summed E-state index contributed by atoms with van der Waals surface area (Å²) in [6.07, 6.45) is 0. The van der Waals surface area contributed by atoms with Gasteiger partial charge in [0.2, 0.25) is 0 Å². The van der Waals surface area contributed by atoms with Gasteiger partial charge in [-0.25, -0.2) is 0 Å². The van der Waals surface area contributed by atoms with Crippen LogP contribution in [0.3, 0.4) is 0 Å². The topological polar surface area (TPSA) is 0 Å². The van der Waals surface area contributed by atoms with Crippen molar-refractivity contribution in [2.45, 2.75) is 20.8 Å². The maximum absolute atomic E-state index is 2.16. The molecule has 0 amide bonds. The summed E-state index contributed by atoms with van der Waals surface area (Å²) in [5.74, 6) is 0. The summed E-state index contributed by atoms with van der Waals surface area (Å²) >= 11 is 0. The van der Waals surface area contributed by atoms with Crippen LogP contribution in [0.4, 0.5) is 0 Å². The Hall–Kier alpha value is -0.248. The van der Waals surface area contributed by atoms with E-state index in [0.29, 0.717) is 0 Å². The number of benzene rings is 1. The second-order valence-electron chi connectivity index (χ2n) is 2.52. The maximum atomic E-state index is 2.16. The summed E-state index contributed by atoms with van der Waals surface area (Å²) in [4.78, 5) is 0. The molecule has 0 fully saturated rings. The Bertz CT molecular complexity index is 196. The molecule has 1 heteroatoms. The molecule has 0 nitrogen and oxygen atoms in total. The van der Waals surface area contributed by atoms with E-state index in [1.165, 1.54) is 16.7 Å². The number of hydrogen-bond acceptors (Lipinski definition) is 0. The van der Waals surface area contributed by atoms with Gasteiger partial charge in [0.25, 0.3) is 0 Å². The minimum Gasteiger partial charge on any atom is -0.0617 e. The van der Waals surface area contributed by atoms with Crippen molar-refractivity contribution in [3.8, 4) is 0 Å². The van der Waals surface area contributed by atoms with E-state index >= 15 is 0 Å². The first-order valence-electron chi connectivity index (χ1n) is 3.24. The van der Waals surface area contributed by atoms with Gasteiger partial charge in [0.1, 0.15) is 0 Å². The van der Waals surface area contributed by atoms with Gasteiger partial charge in [0.15, 0.2) is 0 Å². The summed E-state index contributed by atoms with van der Waals surface area (Å²) < 4.78 is 0. The quantitative estimate of drug-likeness (QED) is 0.564. The Kier molecular flexibility index (Phi) is 3.71. The molecule has 1 rings (SSSR count). The van der Waals surface area contributed by atoms with Crippen LogP contribution >= 0.6 is 0 Å². The molecule has 54 valence electrons. The molecule has 0 radical (unpaired) electrons. The van der Waals surface area contributed by atoms with Gasteiger partial charge in [-0.05, 0) is 37.5 Å². The van der Waals surface area contributed by atoms with Crippen molar-refractivity contribution in [3.63, 3.8) is 0 Å². The van der Waals surface area contributed by atoms with Crippen molar-refractivity contribution < 1.29 is 17.4 Å². The van der Waals surface area contributed by atoms with E-state index < -0.39 is 0 Å². The first-order chi connectivity index (χ1) is 4.22. The fourth-order valence-electron chi connectivity index (χ4n) is 0.898. The second-order valence-corrected chi connectivity index (χ2v) is 2.52. The molecular weight excluding hydrogens is 160 g/mol. The number of aryl methyl sites for hydroxylation is 2. The molecule has 0 saturated carbocycles. The van der Waals surface area contributed by atoms with Gasteiger partial charge < -0.3 is 0 Å². The molecule has 0 atom stereocenters. The first kappa shape index (κ1) is 9.75. The van der Waals surface area contributed by atoms with Gasteiger partial charge in [-0.2, -0.15) is 0 Å². The Morgan fingerprint density at radius 1 is 0.900 bits per heavy atom. The van der Waals surface area contributed by atoms with E-state index in [-0.39, 0.29) is 17.4 Å². The zero-order valence-corrected chi connectivity index (χ0v) is 7.92. The van der Waals surface area contributed by atoms with Crippen LogP contribution in [0, 0.1) is 20.8 Å². The monoisotopic (exact) mass is 172 g/mol. The fourth-order valence-corrected chi connectivity index (χ4v) is 0.898. The molecule has 0 unspecified atom stereocenters. The number of rotatable bonds is 0. The smallest absolute Gasteiger partial charge is 0 e. The van der Waals surface area contributed by atoms with Gasteiger partial charge >= 0.3 is 0 Å². The van der Waals surface area contributed by atoms with Crippen molar-refractivity contribution in [2.24, 2.45) is 0 Å². The molecule has 0 heterocycles. The van der Waals surface area contributed by atoms with E-state index in [4.69, 9.17) is 0 Å². The molecule has 1 aromatic rings. The predicted molar refractivity (Wildman–Crippen MR) is 40.7 cm³/mol. The van der Waals surface area contributed by atoms with Crippen LogP contribution < -0.4 is 0 Å². The van der Waals surface area contributed by atoms with Crippen molar-refractivity contribution in [2.75, 3.05) is 0 Å². The summed E-state index contributed by atoms with van der Waals surface area (Å²) in [6.45, 7) is 6.44. The van der Waals surface area contributed by atoms with Crippen molar-refractivity contribution in [3.05, 3.63) is 34.9 Å². The van der Waals surface area contributed by atoms with Gasteiger partial charge in [-0.1, -0.05) is 18.2 Å². The fraction of sp³-hybridized carbons (Fsp3) is 0.333. The molecular formula is C9H12Cr. The number of hydrogen-bond donors (Lipinski definition) is 0. The minimum atomic E-state index is 0. The third-order valence-corrected chi connectivity index (χ3v) is 1.88. The normalized spacial score (nSPS) is 8.70. The predicted octanol–water partition coefficient (Wildman–Crippen LogP) is 2.61. The van der Waals surface area contributed by atoms with Crippen LogP contribution in [-0.4, -0.2) is 0 Å². The molecule has 0 saturated heterocycles. The van der Waals surface area contributed by atoms with E-state index in [2.05, 4.69) is 39.0 Å². The molecule has 0 bridgehead atoms. The van der Waals surface area contributed by atoms with Crippen LogP contribution in [0.1, 0.15) is 16.7 Å². The molecule has 0 spiro atoms. The van der Waals surface area contributed by atoms with Gasteiger partial charge in [0, 0.05) is 17.4 Å². The molecule has 1 aromatic carbocycles. The average Bonchev–Trinajstić information content (AvgIpc) is 1.83. The Balaban J connectivity index is 0.000000810. The van der Waals surface area contributed by atoms with Crippen LogP contribution in [0.25, 0.3) is 0 Å². The molecule has 0 aliphatic carbocycles. The van der Waals surface area contributed by atoms with Gasteiger partial charge in [-0.15, -0.1) is 0 Å². The largest absolute Gasteiger partial charge is 0.0617 e. The molecule has 0 aromatic heterocycles. The average molecular weight is 172 g/mol. The Morgan fingerprint density at radius 2 is 1.30 bits per heavy atom. The molecule has 10 heavy (non-hydrogen) atoms. The molecule has 0 aliphatic heterocycles. The summed E-state index contributed by atoms with van der Waals surface area (Å²) in [6, 6.07) is 6.38. The van der Waals surface area contributed by atoms with Crippen LogP contribution in [0.2, 0.25) is 0 Å². The van der Waals surface area contributed by atoms with E-state index in [9.17, 15) is 0 Å². The summed E-state index contributed by atoms with van der Waals surface area (Å²) in [7, 11) is 0. The zero-order chi connectivity index (χ0) is 6.85. The summed E-state index contributed by atoms with van der Waals surface area (Å²) in [5, 5.41) is 0. The van der Waals surface area contributed by atoms with Crippen LogP contribution in [-0.2, 0) is 17.4 Å². The van der Waals surface area contributed by atoms with Crippen molar-refractivity contribution >= 4 is 0 Å². The third kappa shape index (κ3) is 1.87. The van der Waals surface area contributed by atoms with E-state index in [1.807, 2.05) is 0 Å². The second kappa shape index (κ2) is 3.81. The third-order valence-electron chi connectivity index (χ3n) is 1.88. The Morgan fingerprint density at radius 3 is 1.60 bits per heavy atom.